The van der Waals surface area contributed by atoms with E-state index in [-0.39, 0.29) is 8.67 Å². The molecule has 0 amide bonds. The average Bonchev–Trinajstić information content (AvgIpc) is 3.73. The van der Waals surface area contributed by atoms with Crippen molar-refractivity contribution in [1.82, 2.24) is 25.4 Å². The Morgan fingerprint density at radius 3 is 2.61 bits per heavy atom. The lowest BCUT2D eigenvalue weighted by Gasteiger charge is -2.47. The lowest BCUT2D eigenvalue weighted by Crippen LogP contribution is -2.58. The quantitative estimate of drug-likeness (QED) is 0.386. The molecular weight excluding hydrogens is 542 g/mol. The van der Waals surface area contributed by atoms with Crippen LogP contribution in [0.2, 0.25) is 10.0 Å². The molecule has 1 aromatic carbocycles. The molecule has 38 heavy (non-hydrogen) atoms. The SMILES string of the molecule is CC[C@H]1CN(c2ncc(CNC(=S)NC3CC3)cc2Cl)CCN1C1CCN(Cc2ccc(Cl)cc2F)CC1.[HH].[HH]. The lowest BCUT2D eigenvalue weighted by atomic mass is 9.97. The number of anilines is 1. The zero-order chi connectivity index (χ0) is 26.6. The summed E-state index contributed by atoms with van der Waals surface area (Å²) in [5.41, 5.74) is 1.74. The molecule has 210 valence electrons. The molecule has 0 spiro atoms. The Morgan fingerprint density at radius 2 is 1.92 bits per heavy atom. The van der Waals surface area contributed by atoms with Crippen molar-refractivity contribution in [3.05, 3.63) is 57.5 Å². The summed E-state index contributed by atoms with van der Waals surface area (Å²) in [6.45, 7) is 8.30. The molecule has 0 radical (unpaired) electrons. The van der Waals surface area contributed by atoms with E-state index < -0.39 is 0 Å². The van der Waals surface area contributed by atoms with Crippen LogP contribution in [0.1, 0.15) is 53.0 Å². The van der Waals surface area contributed by atoms with Crippen molar-refractivity contribution in [1.29, 1.82) is 0 Å². The van der Waals surface area contributed by atoms with Crippen molar-refractivity contribution in [3.8, 4) is 0 Å². The first kappa shape index (κ1) is 27.8. The van der Waals surface area contributed by atoms with Crippen LogP contribution in [0.25, 0.3) is 0 Å². The molecule has 3 fully saturated rings. The summed E-state index contributed by atoms with van der Waals surface area (Å²) >= 11 is 18.0. The van der Waals surface area contributed by atoms with Crippen LogP contribution in [-0.2, 0) is 13.1 Å². The number of piperidine rings is 1. The number of nitrogens with zero attached hydrogens (tertiary/aromatic N) is 4. The minimum absolute atomic E-state index is 0. The molecule has 1 aromatic heterocycles. The fraction of sp³-hybridized carbons (Fsp3) is 0.571. The number of likely N-dealkylation sites (tertiary alicyclic amines) is 1. The molecule has 6 nitrogen and oxygen atoms in total. The van der Waals surface area contributed by atoms with Crippen molar-refractivity contribution < 1.29 is 7.24 Å². The Kier molecular flexibility index (Phi) is 9.26. The van der Waals surface area contributed by atoms with E-state index >= 15 is 0 Å². The van der Waals surface area contributed by atoms with Gasteiger partial charge in [-0.2, -0.15) is 0 Å². The summed E-state index contributed by atoms with van der Waals surface area (Å²) in [6, 6.07) is 8.53. The van der Waals surface area contributed by atoms with Crippen LogP contribution in [0, 0.1) is 5.82 Å². The molecule has 5 rings (SSSR count). The van der Waals surface area contributed by atoms with Gasteiger partial charge in [0.1, 0.15) is 11.6 Å². The largest absolute Gasteiger partial charge is 0.360 e. The number of nitrogens with one attached hydrogen (secondary N) is 2. The van der Waals surface area contributed by atoms with Crippen molar-refractivity contribution >= 4 is 46.4 Å². The number of halogens is 3. The van der Waals surface area contributed by atoms with Crippen LogP contribution in [0.3, 0.4) is 0 Å². The zero-order valence-electron chi connectivity index (χ0n) is 21.9. The second-order valence-corrected chi connectivity index (χ2v) is 12.0. The van der Waals surface area contributed by atoms with Crippen LogP contribution in [0.4, 0.5) is 10.2 Å². The summed E-state index contributed by atoms with van der Waals surface area (Å²) < 4.78 is 14.3. The van der Waals surface area contributed by atoms with E-state index in [0.29, 0.717) is 46.4 Å². The summed E-state index contributed by atoms with van der Waals surface area (Å²) in [6.07, 6.45) is 7.58. The number of aromatic nitrogens is 1. The van der Waals surface area contributed by atoms with E-state index in [2.05, 4.69) is 32.3 Å². The fourth-order valence-corrected chi connectivity index (χ4v) is 6.36. The van der Waals surface area contributed by atoms with Gasteiger partial charge in [0.25, 0.3) is 0 Å². The minimum Gasteiger partial charge on any atom is -0.360 e. The van der Waals surface area contributed by atoms with Gasteiger partial charge >= 0.3 is 0 Å². The second-order valence-electron chi connectivity index (χ2n) is 10.7. The third kappa shape index (κ3) is 7.07. The number of thiocarbonyl (C=S) groups is 1. The molecule has 3 heterocycles. The first-order valence-electron chi connectivity index (χ1n) is 13.8. The predicted molar refractivity (Wildman–Crippen MR) is 162 cm³/mol. The van der Waals surface area contributed by atoms with Gasteiger partial charge in [-0.15, -0.1) is 0 Å². The monoisotopic (exact) mass is 582 g/mol. The molecule has 1 atom stereocenters. The van der Waals surface area contributed by atoms with Crippen LogP contribution < -0.4 is 15.5 Å². The van der Waals surface area contributed by atoms with E-state index in [4.69, 9.17) is 40.4 Å². The molecule has 0 bridgehead atoms. The molecule has 2 aliphatic heterocycles. The van der Waals surface area contributed by atoms with Gasteiger partial charge in [0.2, 0.25) is 0 Å². The molecular formula is C28H41Cl2FN6S. The predicted octanol–water partition coefficient (Wildman–Crippen LogP) is 5.71. The third-order valence-corrected chi connectivity index (χ3v) is 8.75. The Balaban J connectivity index is 0.00000220. The summed E-state index contributed by atoms with van der Waals surface area (Å²) in [4.78, 5) is 12.1. The third-order valence-electron chi connectivity index (χ3n) is 7.98. The van der Waals surface area contributed by atoms with Crippen LogP contribution in [0.15, 0.2) is 30.5 Å². The molecule has 1 saturated carbocycles. The number of benzene rings is 1. The maximum absolute atomic E-state index is 14.3. The number of pyridine rings is 1. The van der Waals surface area contributed by atoms with Crippen LogP contribution in [0.5, 0.6) is 0 Å². The molecule has 0 unspecified atom stereocenters. The summed E-state index contributed by atoms with van der Waals surface area (Å²) in [5.74, 6) is 0.652. The van der Waals surface area contributed by atoms with Gasteiger partial charge in [-0.1, -0.05) is 36.2 Å². The van der Waals surface area contributed by atoms with E-state index in [1.165, 1.54) is 18.9 Å². The van der Waals surface area contributed by atoms with E-state index in [9.17, 15) is 4.39 Å². The Morgan fingerprint density at radius 1 is 1.13 bits per heavy atom. The van der Waals surface area contributed by atoms with Crippen molar-refractivity contribution in [2.75, 3.05) is 37.6 Å². The number of hydrogen-bond donors (Lipinski definition) is 2. The van der Waals surface area contributed by atoms with Gasteiger partial charge in [-0.25, -0.2) is 9.37 Å². The Hall–Kier alpha value is -1.71. The molecule has 1 aliphatic carbocycles. The zero-order valence-corrected chi connectivity index (χ0v) is 24.3. The van der Waals surface area contributed by atoms with E-state index in [1.807, 2.05) is 12.3 Å². The highest BCUT2D eigenvalue weighted by Crippen LogP contribution is 2.30. The number of rotatable bonds is 8. The van der Waals surface area contributed by atoms with Gasteiger partial charge < -0.3 is 15.5 Å². The van der Waals surface area contributed by atoms with Gasteiger partial charge in [-0.05, 0) is 81.2 Å². The fourth-order valence-electron chi connectivity index (χ4n) is 5.65. The van der Waals surface area contributed by atoms with Gasteiger partial charge in [0.05, 0.1) is 5.02 Å². The molecule has 3 aliphatic rings. The lowest BCUT2D eigenvalue weighted by molar-refractivity contribution is 0.0607. The normalized spacial score (nSPS) is 21.5. The minimum atomic E-state index is -0.215. The highest BCUT2D eigenvalue weighted by atomic mass is 35.5. The van der Waals surface area contributed by atoms with E-state index in [1.54, 1.807) is 12.1 Å². The maximum atomic E-state index is 14.3. The van der Waals surface area contributed by atoms with Gasteiger partial charge in [0, 0.05) is 70.5 Å². The average molecular weight is 584 g/mol. The molecule has 2 saturated heterocycles. The summed E-state index contributed by atoms with van der Waals surface area (Å²) in [5, 5.41) is 8.37. The maximum Gasteiger partial charge on any atom is 0.166 e. The molecule has 2 aromatic rings. The highest BCUT2D eigenvalue weighted by molar-refractivity contribution is 7.80. The Bertz CT molecular complexity index is 1140. The van der Waals surface area contributed by atoms with Crippen LogP contribution >= 0.6 is 35.4 Å². The smallest absolute Gasteiger partial charge is 0.166 e. The first-order chi connectivity index (χ1) is 18.4. The van der Waals surface area contributed by atoms with Gasteiger partial charge in [0.15, 0.2) is 5.11 Å². The second kappa shape index (κ2) is 12.6. The number of hydrogen-bond acceptors (Lipinski definition) is 5. The highest BCUT2D eigenvalue weighted by Gasteiger charge is 2.34. The van der Waals surface area contributed by atoms with Crippen molar-refractivity contribution in [2.24, 2.45) is 0 Å². The Labute approximate surface area is 243 Å². The first-order valence-corrected chi connectivity index (χ1v) is 14.9. The van der Waals surface area contributed by atoms with Crippen molar-refractivity contribution in [2.45, 2.75) is 70.2 Å². The molecule has 10 heteroatoms. The van der Waals surface area contributed by atoms with Gasteiger partial charge in [-0.3, -0.25) is 9.80 Å². The van der Waals surface area contributed by atoms with Crippen molar-refractivity contribution in [3.63, 3.8) is 0 Å². The summed E-state index contributed by atoms with van der Waals surface area (Å²) in [7, 11) is 0. The van der Waals surface area contributed by atoms with Crippen LogP contribution in [-0.4, -0.2) is 70.7 Å². The standard InChI is InChI=1S/C28H37Cl2FN6S.2H2/c1-2-23-18-36(27-25(30)13-19(15-32-27)16-33-28(38)34-22-5-6-22)11-12-37(23)24-7-9-35(10-8-24)17-20-3-4-21(29)14-26(20)31;;/h3-4,13-15,22-24H,2,5-12,16-18H2,1H3,(H2,33,34,38);2*1H/t23-;;/m0../s1. The van der Waals surface area contributed by atoms with E-state index in [0.717, 1.165) is 68.9 Å². The topological polar surface area (TPSA) is 46.7 Å². The number of piperazine rings is 1. The molecule has 2 N–H and O–H groups in total.